The van der Waals surface area contributed by atoms with Crippen LogP contribution in [0.15, 0.2) is 35.3 Å². The van der Waals surface area contributed by atoms with Crippen molar-refractivity contribution in [1.82, 2.24) is 15.5 Å². The normalized spacial score (nSPS) is 20.4. The molecule has 1 atom stereocenters. The molecule has 1 aliphatic rings. The number of nitrogens with zero attached hydrogens (tertiary/aromatic N) is 2. The van der Waals surface area contributed by atoms with Gasteiger partial charge in [0.25, 0.3) is 0 Å². The fraction of sp³-hybridized carbons (Fsp3) is 0.632. The van der Waals surface area contributed by atoms with Crippen molar-refractivity contribution in [2.75, 3.05) is 40.3 Å². The summed E-state index contributed by atoms with van der Waals surface area (Å²) < 4.78 is 5.80. The lowest BCUT2D eigenvalue weighted by molar-refractivity contribution is 0.0243. The SMILES string of the molecule is CN=C(NCCCN(C)Cc1ccccc1)NCC1(C)CCCO1.I. The van der Waals surface area contributed by atoms with Gasteiger partial charge in [-0.05, 0) is 45.3 Å². The van der Waals surface area contributed by atoms with E-state index in [1.54, 1.807) is 0 Å². The van der Waals surface area contributed by atoms with E-state index in [2.05, 4.69) is 64.8 Å². The molecule has 1 unspecified atom stereocenters. The average Bonchev–Trinajstić information content (AvgIpc) is 3.02. The molecule has 1 fully saturated rings. The van der Waals surface area contributed by atoms with Crippen LogP contribution in [0.5, 0.6) is 0 Å². The van der Waals surface area contributed by atoms with Gasteiger partial charge in [0.1, 0.15) is 0 Å². The first kappa shape index (κ1) is 22.2. The Bertz CT molecular complexity index is 503. The molecule has 0 saturated carbocycles. The third-order valence-corrected chi connectivity index (χ3v) is 4.46. The van der Waals surface area contributed by atoms with Gasteiger partial charge in [-0.1, -0.05) is 30.3 Å². The molecule has 142 valence electrons. The minimum absolute atomic E-state index is 0. The van der Waals surface area contributed by atoms with Crippen molar-refractivity contribution in [3.8, 4) is 0 Å². The van der Waals surface area contributed by atoms with Crippen LogP contribution in [0.25, 0.3) is 0 Å². The molecule has 0 aliphatic carbocycles. The molecule has 0 aromatic heterocycles. The zero-order valence-corrected chi connectivity index (χ0v) is 18.1. The Morgan fingerprint density at radius 3 is 2.68 bits per heavy atom. The molecule has 0 spiro atoms. The lowest BCUT2D eigenvalue weighted by Gasteiger charge is -2.24. The molecule has 1 aromatic rings. The van der Waals surface area contributed by atoms with Gasteiger partial charge < -0.3 is 20.3 Å². The van der Waals surface area contributed by atoms with Crippen molar-refractivity contribution in [3.63, 3.8) is 0 Å². The highest BCUT2D eigenvalue weighted by atomic mass is 127. The lowest BCUT2D eigenvalue weighted by Crippen LogP contribution is -2.46. The molecule has 25 heavy (non-hydrogen) atoms. The number of hydrogen-bond acceptors (Lipinski definition) is 3. The van der Waals surface area contributed by atoms with Crippen molar-refractivity contribution in [1.29, 1.82) is 0 Å². The van der Waals surface area contributed by atoms with E-state index < -0.39 is 0 Å². The van der Waals surface area contributed by atoms with E-state index in [4.69, 9.17) is 4.74 Å². The van der Waals surface area contributed by atoms with Gasteiger partial charge in [-0.3, -0.25) is 4.99 Å². The first-order chi connectivity index (χ1) is 11.6. The van der Waals surface area contributed by atoms with Crippen molar-refractivity contribution in [3.05, 3.63) is 35.9 Å². The Hall–Kier alpha value is -0.860. The van der Waals surface area contributed by atoms with Gasteiger partial charge in [0.15, 0.2) is 5.96 Å². The fourth-order valence-corrected chi connectivity index (χ4v) is 3.00. The summed E-state index contributed by atoms with van der Waals surface area (Å²) in [6.07, 6.45) is 3.34. The van der Waals surface area contributed by atoms with Gasteiger partial charge in [-0.2, -0.15) is 0 Å². The second-order valence-electron chi connectivity index (χ2n) is 6.83. The predicted octanol–water partition coefficient (Wildman–Crippen LogP) is 2.86. The van der Waals surface area contributed by atoms with Gasteiger partial charge in [-0.25, -0.2) is 0 Å². The Morgan fingerprint density at radius 1 is 1.28 bits per heavy atom. The number of hydrogen-bond donors (Lipinski definition) is 2. The molecule has 2 N–H and O–H groups in total. The smallest absolute Gasteiger partial charge is 0.191 e. The number of halogens is 1. The molecule has 1 aromatic carbocycles. The Kier molecular flexibility index (Phi) is 10.4. The minimum Gasteiger partial charge on any atom is -0.373 e. The molecule has 1 aliphatic heterocycles. The van der Waals surface area contributed by atoms with Crippen LogP contribution < -0.4 is 10.6 Å². The average molecular weight is 460 g/mol. The highest BCUT2D eigenvalue weighted by Gasteiger charge is 2.29. The quantitative estimate of drug-likeness (QED) is 0.271. The molecule has 0 amide bonds. The molecule has 6 heteroatoms. The van der Waals surface area contributed by atoms with Gasteiger partial charge in [-0.15, -0.1) is 24.0 Å². The number of nitrogens with one attached hydrogen (secondary N) is 2. The maximum Gasteiger partial charge on any atom is 0.191 e. The summed E-state index contributed by atoms with van der Waals surface area (Å²) in [6, 6.07) is 10.6. The molecule has 1 saturated heterocycles. The summed E-state index contributed by atoms with van der Waals surface area (Å²) in [5.74, 6) is 0.859. The summed E-state index contributed by atoms with van der Waals surface area (Å²) in [6.45, 7) is 6.80. The maximum absolute atomic E-state index is 5.80. The zero-order chi connectivity index (χ0) is 17.3. The second kappa shape index (κ2) is 11.7. The van der Waals surface area contributed by atoms with E-state index in [1.165, 1.54) is 5.56 Å². The van der Waals surface area contributed by atoms with E-state index in [9.17, 15) is 0 Å². The van der Waals surface area contributed by atoms with E-state index in [0.29, 0.717) is 0 Å². The van der Waals surface area contributed by atoms with Crippen molar-refractivity contribution in [2.45, 2.75) is 38.3 Å². The van der Waals surface area contributed by atoms with E-state index in [0.717, 1.165) is 58.0 Å². The number of benzene rings is 1. The van der Waals surface area contributed by atoms with E-state index in [1.807, 2.05) is 7.05 Å². The third kappa shape index (κ3) is 8.37. The highest BCUT2D eigenvalue weighted by molar-refractivity contribution is 14.0. The number of ether oxygens (including phenoxy) is 1. The summed E-state index contributed by atoms with van der Waals surface area (Å²) in [5, 5.41) is 6.77. The molecule has 1 heterocycles. The van der Waals surface area contributed by atoms with Crippen LogP contribution in [0.1, 0.15) is 31.7 Å². The van der Waals surface area contributed by atoms with Crippen LogP contribution in [0.3, 0.4) is 0 Å². The first-order valence-electron chi connectivity index (χ1n) is 8.92. The van der Waals surface area contributed by atoms with Crippen LogP contribution in [0.2, 0.25) is 0 Å². The van der Waals surface area contributed by atoms with Gasteiger partial charge >= 0.3 is 0 Å². The van der Waals surface area contributed by atoms with Crippen molar-refractivity contribution >= 4 is 29.9 Å². The third-order valence-electron chi connectivity index (χ3n) is 4.46. The van der Waals surface area contributed by atoms with Crippen molar-refractivity contribution < 1.29 is 4.74 Å². The second-order valence-corrected chi connectivity index (χ2v) is 6.83. The molecule has 0 radical (unpaired) electrons. The van der Waals surface area contributed by atoms with Gasteiger partial charge in [0, 0.05) is 33.3 Å². The predicted molar refractivity (Wildman–Crippen MR) is 116 cm³/mol. The van der Waals surface area contributed by atoms with E-state index in [-0.39, 0.29) is 29.6 Å². The Balaban J connectivity index is 0.00000312. The van der Waals surface area contributed by atoms with E-state index >= 15 is 0 Å². The Morgan fingerprint density at radius 2 is 2.04 bits per heavy atom. The van der Waals surface area contributed by atoms with Crippen LogP contribution in [0, 0.1) is 0 Å². The summed E-state index contributed by atoms with van der Waals surface area (Å²) >= 11 is 0. The molecular weight excluding hydrogens is 427 g/mol. The topological polar surface area (TPSA) is 48.9 Å². The minimum atomic E-state index is -0.0481. The molecule has 0 bridgehead atoms. The summed E-state index contributed by atoms with van der Waals surface area (Å²) in [4.78, 5) is 6.64. The molecular formula is C19H33IN4O. The Labute approximate surface area is 169 Å². The summed E-state index contributed by atoms with van der Waals surface area (Å²) in [7, 11) is 3.98. The molecule has 5 nitrogen and oxygen atoms in total. The van der Waals surface area contributed by atoms with Crippen LogP contribution in [0.4, 0.5) is 0 Å². The van der Waals surface area contributed by atoms with Crippen molar-refractivity contribution in [2.24, 2.45) is 4.99 Å². The first-order valence-corrected chi connectivity index (χ1v) is 8.92. The van der Waals surface area contributed by atoms with Gasteiger partial charge in [0.05, 0.1) is 5.60 Å². The zero-order valence-electron chi connectivity index (χ0n) is 15.8. The highest BCUT2D eigenvalue weighted by Crippen LogP contribution is 2.23. The fourth-order valence-electron chi connectivity index (χ4n) is 3.00. The lowest BCUT2D eigenvalue weighted by atomic mass is 10.0. The standard InChI is InChI=1S/C19H32N4O.HI/c1-19(11-7-14-24-19)16-22-18(20-2)21-12-8-13-23(3)15-17-9-5-4-6-10-17;/h4-6,9-10H,7-8,11-16H2,1-3H3,(H2,20,21,22);1H. The van der Waals surface area contributed by atoms with Crippen LogP contribution >= 0.6 is 24.0 Å². The maximum atomic E-state index is 5.80. The number of aliphatic imine (C=N–C) groups is 1. The van der Waals surface area contributed by atoms with Crippen LogP contribution in [-0.4, -0.2) is 56.8 Å². The monoisotopic (exact) mass is 460 g/mol. The van der Waals surface area contributed by atoms with Crippen LogP contribution in [-0.2, 0) is 11.3 Å². The van der Waals surface area contributed by atoms with Gasteiger partial charge in [0.2, 0.25) is 0 Å². The molecule has 2 rings (SSSR count). The summed E-state index contributed by atoms with van der Waals surface area (Å²) in [5.41, 5.74) is 1.31. The number of rotatable bonds is 8. The number of guanidine groups is 1. The largest absolute Gasteiger partial charge is 0.373 e.